The van der Waals surface area contributed by atoms with E-state index in [1.54, 1.807) is 13.1 Å². The Hall–Kier alpha value is -2.33. The number of nitrogens with zero attached hydrogens (tertiary/aromatic N) is 2. The van der Waals surface area contributed by atoms with Crippen molar-refractivity contribution in [2.75, 3.05) is 0 Å². The molecule has 0 aliphatic heterocycles. The van der Waals surface area contributed by atoms with Crippen LogP contribution in [0.15, 0.2) is 54.9 Å². The highest BCUT2D eigenvalue weighted by atomic mass is 19.1. The topological polar surface area (TPSA) is 46.0 Å². The Morgan fingerprint density at radius 2 is 1.90 bits per heavy atom. The normalized spacial score (nSPS) is 14.2. The molecule has 100 valence electrons. The van der Waals surface area contributed by atoms with Crippen molar-refractivity contribution in [1.29, 1.82) is 0 Å². The average molecular weight is 268 g/mol. The van der Waals surface area contributed by atoms with E-state index < -0.39 is 11.4 Å². The van der Waals surface area contributed by atoms with Gasteiger partial charge in [0.2, 0.25) is 0 Å². The summed E-state index contributed by atoms with van der Waals surface area (Å²) in [5.41, 5.74) is 0.584. The molecule has 0 radical (unpaired) electrons. The molecule has 0 aliphatic carbocycles. The number of hydrogen-bond donors (Lipinski definition) is 1. The van der Waals surface area contributed by atoms with Crippen molar-refractivity contribution >= 4 is 10.9 Å². The number of rotatable bonds is 2. The Kier molecular flexibility index (Phi) is 2.95. The predicted molar refractivity (Wildman–Crippen MR) is 74.6 cm³/mol. The first kappa shape index (κ1) is 12.7. The molecule has 0 saturated heterocycles. The minimum absolute atomic E-state index is 0.398. The van der Waals surface area contributed by atoms with Crippen LogP contribution in [0.1, 0.15) is 18.2 Å². The summed E-state index contributed by atoms with van der Waals surface area (Å²) in [4.78, 5) is 8.26. The lowest BCUT2D eigenvalue weighted by atomic mass is 9.89. The van der Waals surface area contributed by atoms with Crippen molar-refractivity contribution in [2.24, 2.45) is 0 Å². The maximum atomic E-state index is 13.0. The van der Waals surface area contributed by atoms with Gasteiger partial charge < -0.3 is 5.11 Å². The summed E-state index contributed by atoms with van der Waals surface area (Å²) in [6.07, 6.45) is 2.81. The molecule has 1 unspecified atom stereocenters. The van der Waals surface area contributed by atoms with Gasteiger partial charge in [0.1, 0.15) is 11.4 Å². The smallest absolute Gasteiger partial charge is 0.141 e. The third-order valence-electron chi connectivity index (χ3n) is 3.40. The lowest BCUT2D eigenvalue weighted by Gasteiger charge is -2.24. The van der Waals surface area contributed by atoms with Gasteiger partial charge in [-0.05, 0) is 36.8 Å². The quantitative estimate of drug-likeness (QED) is 0.777. The van der Waals surface area contributed by atoms with Gasteiger partial charge in [0.25, 0.3) is 0 Å². The van der Waals surface area contributed by atoms with E-state index in [4.69, 9.17) is 0 Å². The second-order valence-corrected chi connectivity index (χ2v) is 4.81. The van der Waals surface area contributed by atoms with Crippen LogP contribution in [0.25, 0.3) is 10.9 Å². The second kappa shape index (κ2) is 4.65. The summed E-state index contributed by atoms with van der Waals surface area (Å²) in [5, 5.41) is 11.7. The molecule has 1 atom stereocenters. The Bertz CT molecular complexity index is 749. The van der Waals surface area contributed by atoms with Crippen molar-refractivity contribution < 1.29 is 9.50 Å². The van der Waals surface area contributed by atoms with Crippen LogP contribution in [-0.4, -0.2) is 15.1 Å². The molecule has 3 aromatic rings. The second-order valence-electron chi connectivity index (χ2n) is 4.81. The lowest BCUT2D eigenvalue weighted by molar-refractivity contribution is 0.0988. The summed E-state index contributed by atoms with van der Waals surface area (Å²) in [7, 11) is 0. The molecule has 0 saturated carbocycles. The summed E-state index contributed by atoms with van der Waals surface area (Å²) >= 11 is 0. The summed E-state index contributed by atoms with van der Waals surface area (Å²) in [5.74, 6) is -0.427. The lowest BCUT2D eigenvalue weighted by Crippen LogP contribution is -2.24. The Balaban J connectivity index is 2.20. The van der Waals surface area contributed by atoms with Crippen LogP contribution in [0.4, 0.5) is 4.39 Å². The van der Waals surface area contributed by atoms with Gasteiger partial charge in [-0.2, -0.15) is 0 Å². The number of aliphatic hydroxyl groups is 1. The standard InChI is InChI=1S/C16H13FN2O/c1-16(20,15-8-7-11(17)10-19-15)13-5-2-6-14-12(13)4-3-9-18-14/h2-10,20H,1H3. The molecule has 1 N–H and O–H groups in total. The van der Waals surface area contributed by atoms with E-state index in [0.29, 0.717) is 11.3 Å². The maximum Gasteiger partial charge on any atom is 0.141 e. The van der Waals surface area contributed by atoms with Crippen LogP contribution in [0.2, 0.25) is 0 Å². The molecular weight excluding hydrogens is 255 g/mol. The Labute approximate surface area is 115 Å². The number of pyridine rings is 2. The highest BCUT2D eigenvalue weighted by Gasteiger charge is 2.29. The SMILES string of the molecule is CC(O)(c1ccc(F)cn1)c1cccc2ncccc12. The fourth-order valence-corrected chi connectivity index (χ4v) is 2.33. The minimum atomic E-state index is -1.31. The largest absolute Gasteiger partial charge is 0.379 e. The van der Waals surface area contributed by atoms with Crippen LogP contribution in [0, 0.1) is 5.82 Å². The molecule has 2 aromatic heterocycles. The molecule has 0 amide bonds. The van der Waals surface area contributed by atoms with E-state index in [0.717, 1.165) is 17.1 Å². The fraction of sp³-hybridized carbons (Fsp3) is 0.125. The third kappa shape index (κ3) is 2.04. The van der Waals surface area contributed by atoms with Crippen LogP contribution in [-0.2, 0) is 5.60 Å². The van der Waals surface area contributed by atoms with E-state index in [-0.39, 0.29) is 0 Å². The number of fused-ring (bicyclic) bond motifs is 1. The van der Waals surface area contributed by atoms with Crippen LogP contribution >= 0.6 is 0 Å². The van der Waals surface area contributed by atoms with Crippen molar-refractivity contribution in [3.8, 4) is 0 Å². The molecular formula is C16H13FN2O. The molecule has 0 spiro atoms. The Morgan fingerprint density at radius 1 is 1.05 bits per heavy atom. The predicted octanol–water partition coefficient (Wildman–Crippen LogP) is 3.02. The zero-order chi connectivity index (χ0) is 14.2. The average Bonchev–Trinajstić information content (AvgIpc) is 2.47. The van der Waals surface area contributed by atoms with Crippen LogP contribution in [0.3, 0.4) is 0 Å². The maximum absolute atomic E-state index is 13.0. The number of halogens is 1. The van der Waals surface area contributed by atoms with Gasteiger partial charge in [-0.3, -0.25) is 9.97 Å². The summed E-state index contributed by atoms with van der Waals surface area (Å²) in [6, 6.07) is 12.0. The highest BCUT2D eigenvalue weighted by Crippen LogP contribution is 2.32. The number of aromatic nitrogens is 2. The molecule has 1 aromatic carbocycles. The molecule has 4 heteroatoms. The third-order valence-corrected chi connectivity index (χ3v) is 3.40. The van der Waals surface area contributed by atoms with E-state index in [9.17, 15) is 9.50 Å². The first-order valence-electron chi connectivity index (χ1n) is 6.27. The van der Waals surface area contributed by atoms with Gasteiger partial charge >= 0.3 is 0 Å². The van der Waals surface area contributed by atoms with E-state index in [1.807, 2.05) is 30.3 Å². The number of benzene rings is 1. The van der Waals surface area contributed by atoms with Crippen LogP contribution < -0.4 is 0 Å². The van der Waals surface area contributed by atoms with Crippen molar-refractivity contribution in [3.05, 3.63) is 71.9 Å². The van der Waals surface area contributed by atoms with Gasteiger partial charge in [0, 0.05) is 11.6 Å². The van der Waals surface area contributed by atoms with Crippen molar-refractivity contribution in [2.45, 2.75) is 12.5 Å². The first-order valence-corrected chi connectivity index (χ1v) is 6.27. The molecule has 3 rings (SSSR count). The monoisotopic (exact) mass is 268 g/mol. The zero-order valence-corrected chi connectivity index (χ0v) is 10.9. The summed E-state index contributed by atoms with van der Waals surface area (Å²) in [6.45, 7) is 1.65. The zero-order valence-electron chi connectivity index (χ0n) is 10.9. The fourth-order valence-electron chi connectivity index (χ4n) is 2.33. The van der Waals surface area contributed by atoms with E-state index in [2.05, 4.69) is 9.97 Å². The molecule has 3 nitrogen and oxygen atoms in total. The van der Waals surface area contributed by atoms with Gasteiger partial charge in [-0.15, -0.1) is 0 Å². The number of hydrogen-bond acceptors (Lipinski definition) is 3. The van der Waals surface area contributed by atoms with Gasteiger partial charge in [0.15, 0.2) is 0 Å². The molecule has 20 heavy (non-hydrogen) atoms. The van der Waals surface area contributed by atoms with Crippen molar-refractivity contribution in [3.63, 3.8) is 0 Å². The highest BCUT2D eigenvalue weighted by molar-refractivity contribution is 5.83. The molecule has 0 aliphatic rings. The minimum Gasteiger partial charge on any atom is -0.379 e. The van der Waals surface area contributed by atoms with E-state index >= 15 is 0 Å². The summed E-state index contributed by atoms with van der Waals surface area (Å²) < 4.78 is 13.0. The van der Waals surface area contributed by atoms with Crippen molar-refractivity contribution in [1.82, 2.24) is 9.97 Å². The van der Waals surface area contributed by atoms with E-state index in [1.165, 1.54) is 12.1 Å². The Morgan fingerprint density at radius 3 is 2.65 bits per heavy atom. The van der Waals surface area contributed by atoms with Gasteiger partial charge in [0.05, 0.1) is 17.4 Å². The van der Waals surface area contributed by atoms with Gasteiger partial charge in [-0.25, -0.2) is 4.39 Å². The molecule has 2 heterocycles. The van der Waals surface area contributed by atoms with Crippen LogP contribution in [0.5, 0.6) is 0 Å². The molecule has 0 fully saturated rings. The molecule has 0 bridgehead atoms. The van der Waals surface area contributed by atoms with Gasteiger partial charge in [-0.1, -0.05) is 18.2 Å². The first-order chi connectivity index (χ1) is 9.59.